The van der Waals surface area contributed by atoms with Gasteiger partial charge >= 0.3 is 5.97 Å². The van der Waals surface area contributed by atoms with Gasteiger partial charge in [-0.1, -0.05) is 6.07 Å². The van der Waals surface area contributed by atoms with Gasteiger partial charge in [-0.25, -0.2) is 9.69 Å². The van der Waals surface area contributed by atoms with E-state index >= 15 is 0 Å². The van der Waals surface area contributed by atoms with E-state index in [2.05, 4.69) is 0 Å². The number of carbonyl (C=O) groups is 3. The van der Waals surface area contributed by atoms with Crippen molar-refractivity contribution in [2.45, 2.75) is 0 Å². The van der Waals surface area contributed by atoms with Gasteiger partial charge in [0.1, 0.15) is 0 Å². The molecule has 1 heterocycles. The number of benzene rings is 2. The van der Waals surface area contributed by atoms with E-state index in [0.29, 0.717) is 16.8 Å². The zero-order valence-corrected chi connectivity index (χ0v) is 10.2. The Labute approximate surface area is 114 Å². The first kappa shape index (κ1) is 12.1. The van der Waals surface area contributed by atoms with Crippen LogP contribution in [0.25, 0.3) is 0 Å². The Morgan fingerprint density at radius 1 is 0.900 bits per heavy atom. The number of nitrogens with zero attached hydrogens (tertiary/aromatic N) is 1. The fraction of sp³-hybridized carbons (Fsp3) is 0. The van der Waals surface area contributed by atoms with Gasteiger partial charge < -0.3 is 5.11 Å². The number of amides is 2. The molecular weight excluding hydrogens is 258 g/mol. The summed E-state index contributed by atoms with van der Waals surface area (Å²) in [4.78, 5) is 36.3. The minimum absolute atomic E-state index is 0.101. The van der Waals surface area contributed by atoms with Crippen molar-refractivity contribution in [3.8, 4) is 0 Å². The average molecular weight is 267 g/mol. The van der Waals surface area contributed by atoms with Crippen LogP contribution in [0.5, 0.6) is 0 Å². The largest absolute Gasteiger partial charge is 0.478 e. The van der Waals surface area contributed by atoms with E-state index in [0.717, 1.165) is 4.90 Å². The van der Waals surface area contributed by atoms with E-state index in [9.17, 15) is 14.4 Å². The monoisotopic (exact) mass is 267 g/mol. The predicted molar refractivity (Wildman–Crippen MR) is 71.0 cm³/mol. The number of hydrogen-bond donors (Lipinski definition) is 1. The Morgan fingerprint density at radius 3 is 1.95 bits per heavy atom. The predicted octanol–water partition coefficient (Wildman–Crippen LogP) is 2.19. The first-order chi connectivity index (χ1) is 9.58. The molecule has 5 nitrogen and oxygen atoms in total. The standard InChI is InChI=1S/C15H9NO4/c17-13-10-2-1-3-11(8-10)14(18)16(13)12-6-4-9(5-7-12)15(19)20/h1-8H,(H,19,20). The molecule has 98 valence electrons. The Balaban J connectivity index is 2.04. The van der Waals surface area contributed by atoms with Gasteiger partial charge in [0.25, 0.3) is 11.8 Å². The van der Waals surface area contributed by atoms with Gasteiger partial charge in [0.05, 0.1) is 11.3 Å². The van der Waals surface area contributed by atoms with Crippen LogP contribution in [0.2, 0.25) is 0 Å². The number of carboxylic acid groups (broad SMARTS) is 1. The van der Waals surface area contributed by atoms with Crippen LogP contribution in [0.1, 0.15) is 31.1 Å². The highest BCUT2D eigenvalue weighted by Crippen LogP contribution is 2.25. The van der Waals surface area contributed by atoms with E-state index in [4.69, 9.17) is 5.11 Å². The fourth-order valence-corrected chi connectivity index (χ4v) is 2.12. The van der Waals surface area contributed by atoms with E-state index in [1.54, 1.807) is 24.3 Å². The summed E-state index contributed by atoms with van der Waals surface area (Å²) >= 11 is 0. The molecule has 0 radical (unpaired) electrons. The highest BCUT2D eigenvalue weighted by Gasteiger charge is 2.30. The van der Waals surface area contributed by atoms with Gasteiger partial charge in [-0.05, 0) is 42.5 Å². The van der Waals surface area contributed by atoms with Crippen molar-refractivity contribution in [3.63, 3.8) is 0 Å². The second-order valence-electron chi connectivity index (χ2n) is 4.38. The first-order valence-electron chi connectivity index (χ1n) is 5.90. The molecule has 0 saturated heterocycles. The lowest BCUT2D eigenvalue weighted by Gasteiger charge is -2.25. The molecule has 0 spiro atoms. The summed E-state index contributed by atoms with van der Waals surface area (Å²) in [5, 5.41) is 8.85. The Bertz CT molecular complexity index is 703. The maximum Gasteiger partial charge on any atom is 0.335 e. The van der Waals surface area contributed by atoms with E-state index in [1.807, 2.05) is 0 Å². The molecule has 0 aromatic heterocycles. The summed E-state index contributed by atoms with van der Waals surface area (Å²) in [6.07, 6.45) is 0. The van der Waals surface area contributed by atoms with Crippen LogP contribution in [0.15, 0.2) is 48.5 Å². The van der Waals surface area contributed by atoms with Crippen molar-refractivity contribution in [1.29, 1.82) is 0 Å². The van der Waals surface area contributed by atoms with Crippen LogP contribution >= 0.6 is 0 Å². The van der Waals surface area contributed by atoms with Gasteiger partial charge in [0.2, 0.25) is 0 Å². The van der Waals surface area contributed by atoms with Crippen molar-refractivity contribution in [3.05, 3.63) is 65.2 Å². The summed E-state index contributed by atoms with van der Waals surface area (Å²) < 4.78 is 0. The molecule has 2 aromatic rings. The van der Waals surface area contributed by atoms with Crippen molar-refractivity contribution in [2.75, 3.05) is 4.90 Å². The number of carboxylic acids is 1. The SMILES string of the molecule is O=C(O)c1ccc(N2C(=O)c3cccc(c3)C2=O)cc1. The summed E-state index contributed by atoms with van der Waals surface area (Å²) in [7, 11) is 0. The molecule has 20 heavy (non-hydrogen) atoms. The maximum absolute atomic E-state index is 12.2. The minimum Gasteiger partial charge on any atom is -0.478 e. The Kier molecular flexibility index (Phi) is 2.61. The molecule has 0 aliphatic carbocycles. The molecule has 0 unspecified atom stereocenters. The average Bonchev–Trinajstić information content (AvgIpc) is 2.47. The zero-order chi connectivity index (χ0) is 14.3. The molecule has 2 amide bonds. The highest BCUT2D eigenvalue weighted by atomic mass is 16.4. The molecule has 0 fully saturated rings. The van der Waals surface area contributed by atoms with E-state index in [1.165, 1.54) is 24.3 Å². The number of imide groups is 1. The van der Waals surface area contributed by atoms with Crippen molar-refractivity contribution in [2.24, 2.45) is 0 Å². The van der Waals surface area contributed by atoms with Gasteiger partial charge in [-0.3, -0.25) is 9.59 Å². The third-order valence-corrected chi connectivity index (χ3v) is 3.14. The lowest BCUT2D eigenvalue weighted by atomic mass is 10.0. The molecule has 0 saturated carbocycles. The van der Waals surface area contributed by atoms with Crippen molar-refractivity contribution >= 4 is 23.5 Å². The van der Waals surface area contributed by atoms with Crippen LogP contribution in [-0.4, -0.2) is 22.9 Å². The highest BCUT2D eigenvalue weighted by molar-refractivity contribution is 6.28. The lowest BCUT2D eigenvalue weighted by molar-refractivity contribution is 0.0696. The second-order valence-corrected chi connectivity index (χ2v) is 4.38. The maximum atomic E-state index is 12.2. The molecular formula is C15H9NO4. The van der Waals surface area contributed by atoms with Gasteiger partial charge in [0.15, 0.2) is 0 Å². The molecule has 3 rings (SSSR count). The van der Waals surface area contributed by atoms with Gasteiger partial charge in [-0.15, -0.1) is 0 Å². The normalized spacial score (nSPS) is 13.5. The second kappa shape index (κ2) is 4.31. The summed E-state index contributed by atoms with van der Waals surface area (Å²) in [6.45, 7) is 0. The molecule has 1 aliphatic rings. The van der Waals surface area contributed by atoms with E-state index in [-0.39, 0.29) is 5.56 Å². The van der Waals surface area contributed by atoms with Gasteiger partial charge in [-0.2, -0.15) is 0 Å². The molecule has 1 aliphatic heterocycles. The summed E-state index contributed by atoms with van der Waals surface area (Å²) in [5.41, 5.74) is 1.33. The molecule has 0 atom stereocenters. The van der Waals surface area contributed by atoms with Crippen LogP contribution < -0.4 is 4.90 Å². The third-order valence-electron chi connectivity index (χ3n) is 3.14. The van der Waals surface area contributed by atoms with Crippen molar-refractivity contribution < 1.29 is 19.5 Å². The third kappa shape index (κ3) is 1.76. The molecule has 1 N–H and O–H groups in total. The topological polar surface area (TPSA) is 74.7 Å². The minimum atomic E-state index is -1.06. The quantitative estimate of drug-likeness (QED) is 0.846. The van der Waals surface area contributed by atoms with Crippen LogP contribution in [0, 0.1) is 0 Å². The first-order valence-corrected chi connectivity index (χ1v) is 5.90. The Morgan fingerprint density at radius 2 is 1.45 bits per heavy atom. The Hall–Kier alpha value is -2.95. The molecule has 2 bridgehead atoms. The van der Waals surface area contributed by atoms with Gasteiger partial charge in [0, 0.05) is 11.1 Å². The van der Waals surface area contributed by atoms with Crippen LogP contribution in [0.3, 0.4) is 0 Å². The fourth-order valence-electron chi connectivity index (χ4n) is 2.12. The molecule has 5 heteroatoms. The smallest absolute Gasteiger partial charge is 0.335 e. The summed E-state index contributed by atoms with van der Waals surface area (Å²) in [6, 6.07) is 12.1. The lowest BCUT2D eigenvalue weighted by Crippen LogP contribution is -2.40. The number of aromatic carboxylic acids is 1. The molecule has 2 aromatic carbocycles. The van der Waals surface area contributed by atoms with Crippen molar-refractivity contribution in [1.82, 2.24) is 0 Å². The number of rotatable bonds is 2. The number of fused-ring (bicyclic) bond motifs is 2. The number of hydrogen-bond acceptors (Lipinski definition) is 3. The summed E-state index contributed by atoms with van der Waals surface area (Å²) in [5.74, 6) is -1.88. The number of anilines is 1. The number of carbonyl (C=O) groups excluding carboxylic acids is 2. The zero-order valence-electron chi connectivity index (χ0n) is 10.2. The van der Waals surface area contributed by atoms with Crippen LogP contribution in [0.4, 0.5) is 5.69 Å². The van der Waals surface area contributed by atoms with Crippen LogP contribution in [-0.2, 0) is 0 Å². The van der Waals surface area contributed by atoms with E-state index < -0.39 is 17.8 Å².